The van der Waals surface area contributed by atoms with Gasteiger partial charge in [0, 0.05) is 10.0 Å². The van der Waals surface area contributed by atoms with E-state index in [2.05, 4.69) is 20.9 Å². The summed E-state index contributed by atoms with van der Waals surface area (Å²) < 4.78 is 37.9. The number of rotatable bonds is 2. The zero-order chi connectivity index (χ0) is 14.3. The van der Waals surface area contributed by atoms with Crippen LogP contribution in [0, 0.1) is 0 Å². The largest absolute Gasteiger partial charge is 0.508 e. The average molecular weight is 336 g/mol. The van der Waals surface area contributed by atoms with E-state index in [1.807, 2.05) is 0 Å². The van der Waals surface area contributed by atoms with E-state index in [-0.39, 0.29) is 10.0 Å². The molecule has 1 N–H and O–H groups in total. The van der Waals surface area contributed by atoms with Crippen LogP contribution in [-0.4, -0.2) is 11.2 Å². The lowest BCUT2D eigenvalue weighted by atomic mass is 9.72. The molecule has 1 aliphatic carbocycles. The number of alkyl halides is 3. The van der Waals surface area contributed by atoms with Gasteiger partial charge in [-0.2, -0.15) is 18.2 Å². The van der Waals surface area contributed by atoms with Crippen LogP contribution >= 0.6 is 15.9 Å². The number of hydrogen-bond donors (Lipinski definition) is 1. The number of phenolic OH excluding ortho intramolecular Hbond substituents is 1. The van der Waals surface area contributed by atoms with Gasteiger partial charge in [0.1, 0.15) is 11.3 Å². The van der Waals surface area contributed by atoms with Gasteiger partial charge in [0.15, 0.2) is 0 Å². The molecule has 0 bridgehead atoms. The van der Waals surface area contributed by atoms with E-state index in [9.17, 15) is 23.1 Å². The predicted molar refractivity (Wildman–Crippen MR) is 64.5 cm³/mol. The van der Waals surface area contributed by atoms with Crippen molar-refractivity contribution in [3.05, 3.63) is 27.7 Å². The van der Waals surface area contributed by atoms with Crippen LogP contribution in [0.5, 0.6) is 5.75 Å². The molecule has 1 fully saturated rings. The Kier molecular flexibility index (Phi) is 3.45. The molecule has 19 heavy (non-hydrogen) atoms. The van der Waals surface area contributed by atoms with Gasteiger partial charge in [-0.3, -0.25) is 0 Å². The maximum absolute atomic E-state index is 12.6. The first-order chi connectivity index (χ1) is 8.80. The van der Waals surface area contributed by atoms with Gasteiger partial charge in [-0.15, -0.1) is 0 Å². The fourth-order valence-electron chi connectivity index (χ4n) is 2.23. The molecule has 0 atom stereocenters. The monoisotopic (exact) mass is 335 g/mol. The first-order valence-electron chi connectivity index (χ1n) is 5.49. The summed E-state index contributed by atoms with van der Waals surface area (Å²) in [7, 11) is 0. The molecule has 0 heterocycles. The molecular formula is C12H9BrF3NO2. The second kappa shape index (κ2) is 4.65. The molecule has 0 unspecified atom stereocenters. The minimum atomic E-state index is -4.54. The highest BCUT2D eigenvalue weighted by atomic mass is 79.9. The lowest BCUT2D eigenvalue weighted by molar-refractivity contribution is -0.137. The minimum Gasteiger partial charge on any atom is -0.508 e. The lowest BCUT2D eigenvalue weighted by Crippen LogP contribution is -2.32. The van der Waals surface area contributed by atoms with Crippen LogP contribution in [-0.2, 0) is 16.5 Å². The Balaban J connectivity index is 2.57. The zero-order valence-electron chi connectivity index (χ0n) is 9.59. The van der Waals surface area contributed by atoms with Crippen molar-refractivity contribution in [1.29, 1.82) is 0 Å². The summed E-state index contributed by atoms with van der Waals surface area (Å²) in [6.07, 6.45) is -1.32. The molecule has 1 aliphatic rings. The van der Waals surface area contributed by atoms with Crippen LogP contribution < -0.4 is 0 Å². The highest BCUT2D eigenvalue weighted by Gasteiger charge is 2.43. The summed E-state index contributed by atoms with van der Waals surface area (Å²) in [5.41, 5.74) is -1.69. The van der Waals surface area contributed by atoms with Gasteiger partial charge in [0.2, 0.25) is 6.08 Å². The lowest BCUT2D eigenvalue weighted by Gasteiger charge is -2.38. The van der Waals surface area contributed by atoms with E-state index >= 15 is 0 Å². The van der Waals surface area contributed by atoms with Gasteiger partial charge < -0.3 is 5.11 Å². The van der Waals surface area contributed by atoms with E-state index in [1.165, 1.54) is 6.08 Å². The van der Waals surface area contributed by atoms with Gasteiger partial charge >= 0.3 is 6.18 Å². The highest BCUT2D eigenvalue weighted by Crippen LogP contribution is 2.51. The van der Waals surface area contributed by atoms with Crippen molar-refractivity contribution in [2.75, 3.05) is 0 Å². The molecule has 1 saturated carbocycles. The molecule has 3 nitrogen and oxygen atoms in total. The molecule has 102 valence electrons. The molecule has 0 aromatic heterocycles. The van der Waals surface area contributed by atoms with Gasteiger partial charge in [0.05, 0.1) is 5.56 Å². The minimum absolute atomic E-state index is 0.0959. The van der Waals surface area contributed by atoms with Crippen molar-refractivity contribution in [3.8, 4) is 5.75 Å². The zero-order valence-corrected chi connectivity index (χ0v) is 11.2. The Morgan fingerprint density at radius 3 is 2.37 bits per heavy atom. The molecule has 1 aromatic rings. The third kappa shape index (κ3) is 2.40. The second-order valence-electron chi connectivity index (χ2n) is 4.44. The number of carbonyl (C=O) groups excluding carboxylic acids is 1. The molecule has 0 radical (unpaired) electrons. The van der Waals surface area contributed by atoms with Crippen LogP contribution in [0.15, 0.2) is 21.6 Å². The molecule has 0 amide bonds. The quantitative estimate of drug-likeness (QED) is 0.658. The summed E-state index contributed by atoms with van der Waals surface area (Å²) in [6.45, 7) is 0. The van der Waals surface area contributed by atoms with Crippen LogP contribution in [0.25, 0.3) is 0 Å². The van der Waals surface area contributed by atoms with Crippen LogP contribution in [0.1, 0.15) is 30.4 Å². The van der Waals surface area contributed by atoms with Crippen molar-refractivity contribution < 1.29 is 23.1 Å². The molecule has 7 heteroatoms. The predicted octanol–water partition coefficient (Wildman–Crippen LogP) is 3.89. The van der Waals surface area contributed by atoms with Crippen molar-refractivity contribution in [2.24, 2.45) is 4.99 Å². The normalized spacial score (nSPS) is 17.5. The third-order valence-electron chi connectivity index (χ3n) is 3.30. The Morgan fingerprint density at radius 2 is 2.00 bits per heavy atom. The van der Waals surface area contributed by atoms with Gasteiger partial charge in [-0.25, -0.2) is 4.79 Å². The SMILES string of the molecule is O=C=NC1(c2c(O)cc(C(F)(F)F)cc2Br)CCC1. The van der Waals surface area contributed by atoms with Gasteiger partial charge in [0.25, 0.3) is 0 Å². The van der Waals surface area contributed by atoms with Crippen molar-refractivity contribution in [3.63, 3.8) is 0 Å². The third-order valence-corrected chi connectivity index (χ3v) is 3.93. The summed E-state index contributed by atoms with van der Waals surface area (Å²) in [6, 6.07) is 1.54. The number of phenols is 1. The number of aromatic hydroxyl groups is 1. The van der Waals surface area contributed by atoms with E-state index in [4.69, 9.17) is 0 Å². The topological polar surface area (TPSA) is 49.7 Å². The fraction of sp³-hybridized carbons (Fsp3) is 0.417. The fourth-order valence-corrected chi connectivity index (χ4v) is 3.05. The maximum atomic E-state index is 12.6. The van der Waals surface area contributed by atoms with Crippen LogP contribution in [0.4, 0.5) is 13.2 Å². The van der Waals surface area contributed by atoms with Crippen molar-refractivity contribution >= 4 is 22.0 Å². The first-order valence-corrected chi connectivity index (χ1v) is 6.29. The molecule has 1 aromatic carbocycles. The molecule has 0 saturated heterocycles. The van der Waals surface area contributed by atoms with E-state index in [1.54, 1.807) is 0 Å². The van der Waals surface area contributed by atoms with Gasteiger partial charge in [-0.05, 0) is 31.4 Å². The second-order valence-corrected chi connectivity index (χ2v) is 5.29. The Morgan fingerprint density at radius 1 is 1.37 bits per heavy atom. The number of halogens is 4. The maximum Gasteiger partial charge on any atom is 0.416 e. The Labute approximate surface area is 115 Å². The van der Waals surface area contributed by atoms with E-state index < -0.39 is 23.0 Å². The summed E-state index contributed by atoms with van der Waals surface area (Å²) in [5, 5.41) is 9.84. The molecule has 0 aliphatic heterocycles. The number of hydrogen-bond acceptors (Lipinski definition) is 3. The van der Waals surface area contributed by atoms with Crippen molar-refractivity contribution in [1.82, 2.24) is 0 Å². The highest BCUT2D eigenvalue weighted by molar-refractivity contribution is 9.10. The molecule has 0 spiro atoms. The Hall–Kier alpha value is -1.33. The number of benzene rings is 1. The molecule has 2 rings (SSSR count). The van der Waals surface area contributed by atoms with E-state index in [0.717, 1.165) is 12.5 Å². The standard InChI is InChI=1S/C12H9BrF3NO2/c13-8-4-7(12(14,15)16)5-9(19)10(8)11(17-6-18)2-1-3-11/h4-5,19H,1-3H2. The Bertz CT molecular complexity index is 538. The van der Waals surface area contributed by atoms with Crippen molar-refractivity contribution in [2.45, 2.75) is 31.0 Å². The summed E-state index contributed by atoms with van der Waals surface area (Å²) >= 11 is 3.02. The summed E-state index contributed by atoms with van der Waals surface area (Å²) in [5.74, 6) is -0.514. The number of isocyanates is 1. The summed E-state index contributed by atoms with van der Waals surface area (Å²) in [4.78, 5) is 14.1. The number of nitrogens with zero attached hydrogens (tertiary/aromatic N) is 1. The van der Waals surface area contributed by atoms with Gasteiger partial charge in [-0.1, -0.05) is 15.9 Å². The first kappa shape index (κ1) is 14.1. The number of aliphatic imine (C=N–C) groups is 1. The van der Waals surface area contributed by atoms with E-state index in [0.29, 0.717) is 18.9 Å². The smallest absolute Gasteiger partial charge is 0.416 e. The average Bonchev–Trinajstić information content (AvgIpc) is 2.23. The van der Waals surface area contributed by atoms with Crippen LogP contribution in [0.3, 0.4) is 0 Å². The molecular weight excluding hydrogens is 327 g/mol. The van der Waals surface area contributed by atoms with Crippen LogP contribution in [0.2, 0.25) is 0 Å².